The molecule has 140 valence electrons. The largest absolute Gasteiger partial charge is 0.368 e. The summed E-state index contributed by atoms with van der Waals surface area (Å²) < 4.78 is 0. The number of imidazole rings is 1. The number of rotatable bonds is 8. The molecule has 0 unspecified atom stereocenters. The number of likely N-dealkylation sites (tertiary alicyclic amines) is 1. The maximum absolute atomic E-state index is 11.7. The van der Waals surface area contributed by atoms with Gasteiger partial charge in [-0.1, -0.05) is 6.07 Å². The Bertz CT molecular complexity index is 910. The summed E-state index contributed by atoms with van der Waals surface area (Å²) >= 11 is 0. The van der Waals surface area contributed by atoms with Crippen LogP contribution in [-0.2, 0) is 11.3 Å². The minimum Gasteiger partial charge on any atom is -0.368 e. The summed E-state index contributed by atoms with van der Waals surface area (Å²) in [5.41, 5.74) is 2.43. The van der Waals surface area contributed by atoms with E-state index in [2.05, 4.69) is 35.6 Å². The van der Waals surface area contributed by atoms with E-state index in [1.807, 2.05) is 17.0 Å². The molecule has 27 heavy (non-hydrogen) atoms. The standard InChI is InChI=1S/C18H22N8O/c27-14-5-2-8-26(14)9-3-7-20-16-15-17(23-12-22-15)25-18(24-16)21-11-13-4-1-6-19-10-13/h1,4,6,10,12H,2-3,5,7-9,11H2,(H3,20,21,22,23,24,25). The van der Waals surface area contributed by atoms with Crippen molar-refractivity contribution in [3.05, 3.63) is 36.4 Å². The van der Waals surface area contributed by atoms with E-state index < -0.39 is 0 Å². The van der Waals surface area contributed by atoms with Crippen molar-refractivity contribution in [1.29, 1.82) is 0 Å². The van der Waals surface area contributed by atoms with Crippen LogP contribution in [0.2, 0.25) is 0 Å². The van der Waals surface area contributed by atoms with Crippen LogP contribution in [-0.4, -0.2) is 55.4 Å². The third-order valence-electron chi connectivity index (χ3n) is 4.53. The van der Waals surface area contributed by atoms with Gasteiger partial charge in [0.1, 0.15) is 5.52 Å². The zero-order valence-electron chi connectivity index (χ0n) is 15.0. The second kappa shape index (κ2) is 7.98. The average molecular weight is 366 g/mol. The maximum atomic E-state index is 11.7. The Morgan fingerprint density at radius 2 is 2.22 bits per heavy atom. The van der Waals surface area contributed by atoms with Crippen molar-refractivity contribution in [3.8, 4) is 0 Å². The SMILES string of the molecule is O=C1CCCN1CCCNc1nc(NCc2cccnc2)nc2nc[nH]c12. The fourth-order valence-corrected chi connectivity index (χ4v) is 3.14. The molecule has 1 saturated heterocycles. The monoisotopic (exact) mass is 366 g/mol. The molecule has 3 aromatic rings. The van der Waals surface area contributed by atoms with Crippen LogP contribution < -0.4 is 10.6 Å². The summed E-state index contributed by atoms with van der Waals surface area (Å²) in [6, 6.07) is 3.89. The molecule has 4 rings (SSSR count). The molecule has 1 aliphatic rings. The number of pyridine rings is 1. The quantitative estimate of drug-likeness (QED) is 0.521. The predicted octanol–water partition coefficient (Wildman–Crippen LogP) is 1.78. The van der Waals surface area contributed by atoms with Crippen LogP contribution >= 0.6 is 0 Å². The molecule has 0 radical (unpaired) electrons. The van der Waals surface area contributed by atoms with E-state index in [1.165, 1.54) is 0 Å². The number of hydrogen-bond acceptors (Lipinski definition) is 7. The predicted molar refractivity (Wildman–Crippen MR) is 102 cm³/mol. The second-order valence-electron chi connectivity index (χ2n) is 6.48. The second-order valence-corrected chi connectivity index (χ2v) is 6.48. The zero-order chi connectivity index (χ0) is 18.5. The lowest BCUT2D eigenvalue weighted by Crippen LogP contribution is -2.27. The number of H-pyrrole nitrogens is 1. The first kappa shape index (κ1) is 17.2. The minimum atomic E-state index is 0.259. The smallest absolute Gasteiger partial charge is 0.227 e. The van der Waals surface area contributed by atoms with Crippen LogP contribution in [0.3, 0.4) is 0 Å². The van der Waals surface area contributed by atoms with Gasteiger partial charge >= 0.3 is 0 Å². The number of fused-ring (bicyclic) bond motifs is 1. The third-order valence-corrected chi connectivity index (χ3v) is 4.53. The maximum Gasteiger partial charge on any atom is 0.227 e. The van der Waals surface area contributed by atoms with Gasteiger partial charge in [-0.2, -0.15) is 9.97 Å². The molecule has 3 N–H and O–H groups in total. The summed E-state index contributed by atoms with van der Waals surface area (Å²) in [7, 11) is 0. The first-order valence-corrected chi connectivity index (χ1v) is 9.15. The van der Waals surface area contributed by atoms with Gasteiger partial charge in [0.05, 0.1) is 6.33 Å². The highest BCUT2D eigenvalue weighted by Crippen LogP contribution is 2.19. The molecule has 0 bridgehead atoms. The molecule has 1 amide bonds. The number of nitrogens with zero attached hydrogens (tertiary/aromatic N) is 5. The van der Waals surface area contributed by atoms with E-state index in [-0.39, 0.29) is 5.91 Å². The molecular weight excluding hydrogens is 344 g/mol. The Morgan fingerprint density at radius 1 is 1.26 bits per heavy atom. The molecule has 1 fully saturated rings. The van der Waals surface area contributed by atoms with Crippen LogP contribution in [0.5, 0.6) is 0 Å². The molecule has 0 spiro atoms. The number of anilines is 2. The van der Waals surface area contributed by atoms with E-state index in [9.17, 15) is 4.79 Å². The van der Waals surface area contributed by atoms with Crippen molar-refractivity contribution in [3.63, 3.8) is 0 Å². The molecule has 4 heterocycles. The molecular formula is C18H22N8O. The molecule has 0 aliphatic carbocycles. The number of aromatic amines is 1. The van der Waals surface area contributed by atoms with Crippen molar-refractivity contribution in [2.75, 3.05) is 30.3 Å². The Kier molecular flexibility index (Phi) is 5.08. The van der Waals surface area contributed by atoms with E-state index in [4.69, 9.17) is 0 Å². The molecule has 3 aromatic heterocycles. The Morgan fingerprint density at radius 3 is 3.04 bits per heavy atom. The van der Waals surface area contributed by atoms with Gasteiger partial charge in [0.25, 0.3) is 0 Å². The van der Waals surface area contributed by atoms with Gasteiger partial charge in [-0.25, -0.2) is 4.98 Å². The molecule has 1 aliphatic heterocycles. The number of hydrogen-bond donors (Lipinski definition) is 3. The third kappa shape index (κ3) is 4.13. The molecule has 0 atom stereocenters. The van der Waals surface area contributed by atoms with Gasteiger partial charge < -0.3 is 20.5 Å². The van der Waals surface area contributed by atoms with Gasteiger partial charge in [-0.3, -0.25) is 9.78 Å². The lowest BCUT2D eigenvalue weighted by Gasteiger charge is -2.15. The summed E-state index contributed by atoms with van der Waals surface area (Å²) in [6.45, 7) is 2.95. The van der Waals surface area contributed by atoms with Gasteiger partial charge in [0.15, 0.2) is 11.5 Å². The summed E-state index contributed by atoms with van der Waals surface area (Å²) in [5, 5.41) is 6.55. The molecule has 9 nitrogen and oxygen atoms in total. The van der Waals surface area contributed by atoms with Gasteiger partial charge in [0, 0.05) is 45.0 Å². The number of amides is 1. The Labute approximate surface area is 156 Å². The zero-order valence-corrected chi connectivity index (χ0v) is 15.0. The van der Waals surface area contributed by atoms with Crippen LogP contribution in [0.4, 0.5) is 11.8 Å². The molecule has 0 saturated carbocycles. The van der Waals surface area contributed by atoms with Gasteiger partial charge in [0.2, 0.25) is 11.9 Å². The topological polar surface area (TPSA) is 112 Å². The van der Waals surface area contributed by atoms with E-state index in [0.29, 0.717) is 30.4 Å². The Hall–Kier alpha value is -3.23. The minimum absolute atomic E-state index is 0.259. The van der Waals surface area contributed by atoms with Crippen LogP contribution in [0, 0.1) is 0 Å². The van der Waals surface area contributed by atoms with Crippen molar-refractivity contribution in [1.82, 2.24) is 29.8 Å². The summed E-state index contributed by atoms with van der Waals surface area (Å²) in [5.74, 6) is 1.48. The van der Waals surface area contributed by atoms with Crippen molar-refractivity contribution >= 4 is 28.8 Å². The highest BCUT2D eigenvalue weighted by molar-refractivity contribution is 5.83. The summed E-state index contributed by atoms with van der Waals surface area (Å²) in [4.78, 5) is 34.0. The van der Waals surface area contributed by atoms with E-state index >= 15 is 0 Å². The van der Waals surface area contributed by atoms with Crippen LogP contribution in [0.25, 0.3) is 11.2 Å². The van der Waals surface area contributed by atoms with E-state index in [1.54, 1.807) is 18.7 Å². The van der Waals surface area contributed by atoms with Gasteiger partial charge in [-0.05, 0) is 24.5 Å². The Balaban J connectivity index is 1.38. The van der Waals surface area contributed by atoms with E-state index in [0.717, 1.165) is 43.6 Å². The first-order valence-electron chi connectivity index (χ1n) is 9.15. The highest BCUT2D eigenvalue weighted by atomic mass is 16.2. The number of carbonyl (C=O) groups excluding carboxylic acids is 1. The van der Waals surface area contributed by atoms with Crippen molar-refractivity contribution in [2.24, 2.45) is 0 Å². The van der Waals surface area contributed by atoms with Crippen molar-refractivity contribution in [2.45, 2.75) is 25.8 Å². The highest BCUT2D eigenvalue weighted by Gasteiger charge is 2.19. The van der Waals surface area contributed by atoms with Crippen molar-refractivity contribution < 1.29 is 4.79 Å². The molecule has 9 heteroatoms. The summed E-state index contributed by atoms with van der Waals surface area (Å²) in [6.07, 6.45) is 7.67. The lowest BCUT2D eigenvalue weighted by atomic mass is 10.3. The van der Waals surface area contributed by atoms with Gasteiger partial charge in [-0.15, -0.1) is 0 Å². The normalized spacial score (nSPS) is 14.1. The van der Waals surface area contributed by atoms with Crippen LogP contribution in [0.15, 0.2) is 30.9 Å². The average Bonchev–Trinajstić information content (AvgIpc) is 3.33. The van der Waals surface area contributed by atoms with Crippen LogP contribution in [0.1, 0.15) is 24.8 Å². The number of carbonyl (C=O) groups is 1. The fraction of sp³-hybridized carbons (Fsp3) is 0.389. The number of nitrogens with one attached hydrogen (secondary N) is 3. The molecule has 0 aromatic carbocycles. The fourth-order valence-electron chi connectivity index (χ4n) is 3.14. The number of aromatic nitrogens is 5. The lowest BCUT2D eigenvalue weighted by molar-refractivity contribution is -0.127. The first-order chi connectivity index (χ1) is 13.3.